The Kier molecular flexibility index (Phi) is 5.67. The Morgan fingerprint density at radius 3 is 2.60 bits per heavy atom. The number of halogens is 1. The van der Waals surface area contributed by atoms with Crippen molar-refractivity contribution in [3.05, 3.63) is 58.6 Å². The molecule has 1 N–H and O–H groups in total. The van der Waals surface area contributed by atoms with E-state index >= 15 is 0 Å². The van der Waals surface area contributed by atoms with Gasteiger partial charge in [0.05, 0.1) is 23.6 Å². The highest BCUT2D eigenvalue weighted by atomic mass is 35.5. The van der Waals surface area contributed by atoms with Gasteiger partial charge >= 0.3 is 0 Å². The van der Waals surface area contributed by atoms with Crippen molar-refractivity contribution < 1.29 is 13.2 Å². The Morgan fingerprint density at radius 2 is 1.96 bits per heavy atom. The van der Waals surface area contributed by atoms with Gasteiger partial charge in [-0.05, 0) is 42.8 Å². The average molecular weight is 378 g/mol. The molecule has 2 rings (SSSR count). The molecule has 0 saturated heterocycles. The predicted molar refractivity (Wildman–Crippen MR) is 98.2 cm³/mol. The van der Waals surface area contributed by atoms with Gasteiger partial charge < -0.3 is 5.32 Å². The predicted octanol–water partition coefficient (Wildman–Crippen LogP) is 2.92. The number of benzene rings is 2. The molecule has 0 saturated carbocycles. The number of nitriles is 1. The number of amides is 1. The minimum absolute atomic E-state index is 0.343. The fourth-order valence-corrected chi connectivity index (χ4v) is 3.32. The number of hydrogen-bond acceptors (Lipinski definition) is 4. The standard InChI is InChI=1S/C17H16ClN3O3S/c1-12-15(18)7-4-8-16(12)21(25(2,23)24)11-17(22)20-14-6-3-5-13(9-14)10-19/h3-9H,11H2,1-2H3,(H,20,22). The summed E-state index contributed by atoms with van der Waals surface area (Å²) < 4.78 is 25.3. The highest BCUT2D eigenvalue weighted by Crippen LogP contribution is 2.28. The zero-order chi connectivity index (χ0) is 18.6. The topological polar surface area (TPSA) is 90.3 Å². The van der Waals surface area contributed by atoms with Crippen LogP contribution in [0.15, 0.2) is 42.5 Å². The molecule has 130 valence electrons. The average Bonchev–Trinajstić information content (AvgIpc) is 2.55. The van der Waals surface area contributed by atoms with Gasteiger partial charge in [-0.15, -0.1) is 0 Å². The molecule has 0 aliphatic carbocycles. The van der Waals surface area contributed by atoms with E-state index < -0.39 is 22.5 Å². The van der Waals surface area contributed by atoms with Crippen LogP contribution in [0.1, 0.15) is 11.1 Å². The summed E-state index contributed by atoms with van der Waals surface area (Å²) in [7, 11) is -3.70. The summed E-state index contributed by atoms with van der Waals surface area (Å²) in [6.45, 7) is 1.28. The number of nitrogens with zero attached hydrogens (tertiary/aromatic N) is 2. The Morgan fingerprint density at radius 1 is 1.28 bits per heavy atom. The summed E-state index contributed by atoms with van der Waals surface area (Å²) in [5.74, 6) is -0.528. The fraction of sp³-hybridized carbons (Fsp3) is 0.176. The number of nitrogens with one attached hydrogen (secondary N) is 1. The van der Waals surface area contributed by atoms with Crippen molar-refractivity contribution in [1.82, 2.24) is 0 Å². The molecule has 0 heterocycles. The molecular weight excluding hydrogens is 362 g/mol. The molecule has 0 bridgehead atoms. The van der Waals surface area contributed by atoms with Gasteiger partial charge in [0.25, 0.3) is 0 Å². The van der Waals surface area contributed by atoms with Crippen LogP contribution in [0.2, 0.25) is 5.02 Å². The quantitative estimate of drug-likeness (QED) is 0.867. The van der Waals surface area contributed by atoms with E-state index in [0.29, 0.717) is 27.5 Å². The van der Waals surface area contributed by atoms with E-state index in [-0.39, 0.29) is 0 Å². The van der Waals surface area contributed by atoms with E-state index in [1.165, 1.54) is 6.07 Å². The summed E-state index contributed by atoms with van der Waals surface area (Å²) in [6.07, 6.45) is 1.02. The third-order valence-corrected chi connectivity index (χ3v) is 5.01. The normalized spacial score (nSPS) is 10.8. The van der Waals surface area contributed by atoms with Crippen LogP contribution >= 0.6 is 11.6 Å². The van der Waals surface area contributed by atoms with E-state index in [1.54, 1.807) is 43.3 Å². The second-order valence-electron chi connectivity index (χ2n) is 5.39. The Bertz CT molecular complexity index is 952. The molecule has 0 aliphatic heterocycles. The minimum atomic E-state index is -3.70. The highest BCUT2D eigenvalue weighted by molar-refractivity contribution is 7.92. The molecule has 0 spiro atoms. The number of hydrogen-bond donors (Lipinski definition) is 1. The Labute approximate surface area is 151 Å². The molecule has 6 nitrogen and oxygen atoms in total. The SMILES string of the molecule is Cc1c(Cl)cccc1N(CC(=O)Nc1cccc(C#N)c1)S(C)(=O)=O. The third kappa shape index (κ3) is 4.72. The van der Waals surface area contributed by atoms with Gasteiger partial charge in [0.15, 0.2) is 0 Å². The first kappa shape index (κ1) is 18.8. The van der Waals surface area contributed by atoms with Crippen LogP contribution in [0.5, 0.6) is 0 Å². The lowest BCUT2D eigenvalue weighted by molar-refractivity contribution is -0.114. The van der Waals surface area contributed by atoms with Crippen molar-refractivity contribution in [2.75, 3.05) is 22.4 Å². The Hall–Kier alpha value is -2.56. The number of rotatable bonds is 5. The van der Waals surface area contributed by atoms with Crippen LogP contribution in [0.3, 0.4) is 0 Å². The first-order valence-corrected chi connectivity index (χ1v) is 9.48. The van der Waals surface area contributed by atoms with Crippen LogP contribution in [-0.2, 0) is 14.8 Å². The molecule has 2 aromatic rings. The molecule has 2 aromatic carbocycles. The molecule has 0 aliphatic rings. The van der Waals surface area contributed by atoms with Gasteiger partial charge in [-0.1, -0.05) is 23.7 Å². The molecule has 8 heteroatoms. The van der Waals surface area contributed by atoms with Crippen molar-refractivity contribution in [3.63, 3.8) is 0 Å². The maximum atomic E-state index is 12.3. The molecular formula is C17H16ClN3O3S. The van der Waals surface area contributed by atoms with Crippen LogP contribution in [-0.4, -0.2) is 27.1 Å². The monoisotopic (exact) mass is 377 g/mol. The lowest BCUT2D eigenvalue weighted by atomic mass is 10.2. The zero-order valence-corrected chi connectivity index (χ0v) is 15.2. The molecule has 0 aromatic heterocycles. The number of carbonyl (C=O) groups excluding carboxylic acids is 1. The van der Waals surface area contributed by atoms with Crippen molar-refractivity contribution >= 4 is 38.9 Å². The number of anilines is 2. The lowest BCUT2D eigenvalue weighted by Crippen LogP contribution is -2.37. The van der Waals surface area contributed by atoms with Crippen LogP contribution in [0.25, 0.3) is 0 Å². The van der Waals surface area contributed by atoms with Gasteiger partial charge in [-0.2, -0.15) is 5.26 Å². The summed E-state index contributed by atoms with van der Waals surface area (Å²) in [5, 5.41) is 11.9. The van der Waals surface area contributed by atoms with E-state index in [4.69, 9.17) is 16.9 Å². The van der Waals surface area contributed by atoms with Crippen molar-refractivity contribution in [2.24, 2.45) is 0 Å². The first-order valence-electron chi connectivity index (χ1n) is 7.25. The van der Waals surface area contributed by atoms with E-state index in [0.717, 1.165) is 10.6 Å². The summed E-state index contributed by atoms with van der Waals surface area (Å²) >= 11 is 6.06. The summed E-state index contributed by atoms with van der Waals surface area (Å²) in [6, 6.07) is 13.2. The highest BCUT2D eigenvalue weighted by Gasteiger charge is 2.23. The van der Waals surface area contributed by atoms with E-state index in [1.807, 2.05) is 6.07 Å². The molecule has 0 atom stereocenters. The van der Waals surface area contributed by atoms with Crippen LogP contribution < -0.4 is 9.62 Å². The molecule has 0 fully saturated rings. The van der Waals surface area contributed by atoms with E-state index in [2.05, 4.69) is 5.32 Å². The third-order valence-electron chi connectivity index (χ3n) is 3.47. The summed E-state index contributed by atoms with van der Waals surface area (Å²) in [5.41, 5.74) is 1.72. The van der Waals surface area contributed by atoms with Gasteiger partial charge in [0.2, 0.25) is 15.9 Å². The van der Waals surface area contributed by atoms with Crippen molar-refractivity contribution in [3.8, 4) is 6.07 Å². The molecule has 0 unspecified atom stereocenters. The lowest BCUT2D eigenvalue weighted by Gasteiger charge is -2.24. The number of sulfonamides is 1. The second kappa shape index (κ2) is 7.55. The van der Waals surface area contributed by atoms with Crippen molar-refractivity contribution in [1.29, 1.82) is 5.26 Å². The molecule has 0 radical (unpaired) electrons. The summed E-state index contributed by atoms with van der Waals surface area (Å²) in [4.78, 5) is 12.3. The largest absolute Gasteiger partial charge is 0.324 e. The van der Waals surface area contributed by atoms with Gasteiger partial charge in [0, 0.05) is 10.7 Å². The maximum absolute atomic E-state index is 12.3. The first-order chi connectivity index (χ1) is 11.7. The number of carbonyl (C=O) groups is 1. The smallest absolute Gasteiger partial charge is 0.245 e. The Balaban J connectivity index is 2.27. The zero-order valence-electron chi connectivity index (χ0n) is 13.7. The van der Waals surface area contributed by atoms with Crippen LogP contribution in [0.4, 0.5) is 11.4 Å². The van der Waals surface area contributed by atoms with E-state index in [9.17, 15) is 13.2 Å². The van der Waals surface area contributed by atoms with Gasteiger partial charge in [0.1, 0.15) is 6.54 Å². The van der Waals surface area contributed by atoms with Crippen molar-refractivity contribution in [2.45, 2.75) is 6.92 Å². The fourth-order valence-electron chi connectivity index (χ4n) is 2.24. The minimum Gasteiger partial charge on any atom is -0.324 e. The molecule has 1 amide bonds. The molecule has 25 heavy (non-hydrogen) atoms. The van der Waals surface area contributed by atoms with Crippen LogP contribution in [0, 0.1) is 18.3 Å². The second-order valence-corrected chi connectivity index (χ2v) is 7.71. The van der Waals surface area contributed by atoms with Gasteiger partial charge in [-0.25, -0.2) is 8.42 Å². The van der Waals surface area contributed by atoms with Gasteiger partial charge in [-0.3, -0.25) is 9.10 Å². The maximum Gasteiger partial charge on any atom is 0.245 e.